The summed E-state index contributed by atoms with van der Waals surface area (Å²) in [7, 11) is 1.55. The van der Waals surface area contributed by atoms with Crippen LogP contribution in [0.2, 0.25) is 0 Å². The van der Waals surface area contributed by atoms with Crippen LogP contribution >= 0.6 is 0 Å². The Balaban J connectivity index is 2.35. The van der Waals surface area contributed by atoms with Crippen LogP contribution in [0.25, 0.3) is 0 Å². The van der Waals surface area contributed by atoms with Gasteiger partial charge in [-0.1, -0.05) is 6.58 Å². The molecular weight excluding hydrogens is 256 g/mol. The second kappa shape index (κ2) is 5.36. The van der Waals surface area contributed by atoms with Gasteiger partial charge in [0, 0.05) is 5.56 Å². The summed E-state index contributed by atoms with van der Waals surface area (Å²) in [4.78, 5) is 15.9. The van der Waals surface area contributed by atoms with Gasteiger partial charge in [0.1, 0.15) is 12.4 Å². The van der Waals surface area contributed by atoms with Gasteiger partial charge in [0.2, 0.25) is 11.8 Å². The molecule has 1 N–H and O–H groups in total. The normalized spacial score (nSPS) is 16.1. The summed E-state index contributed by atoms with van der Waals surface area (Å²) < 4.78 is 10.8. The molecule has 2 rings (SSSR count). The third-order valence-corrected chi connectivity index (χ3v) is 2.86. The zero-order valence-corrected chi connectivity index (χ0v) is 11.9. The monoisotopic (exact) mass is 274 g/mol. The van der Waals surface area contributed by atoms with Gasteiger partial charge >= 0.3 is 0 Å². The average Bonchev–Trinajstić information content (AvgIpc) is 2.79. The van der Waals surface area contributed by atoms with E-state index in [1.165, 1.54) is 6.08 Å². The van der Waals surface area contributed by atoms with Gasteiger partial charge in [-0.2, -0.15) is 0 Å². The first-order chi connectivity index (χ1) is 9.45. The Kier molecular flexibility index (Phi) is 3.79. The van der Waals surface area contributed by atoms with E-state index < -0.39 is 0 Å². The van der Waals surface area contributed by atoms with Crippen molar-refractivity contribution in [3.05, 3.63) is 36.4 Å². The molecule has 0 aromatic heterocycles. The van der Waals surface area contributed by atoms with Gasteiger partial charge in [0.25, 0.3) is 0 Å². The number of anilines is 1. The van der Waals surface area contributed by atoms with Crippen molar-refractivity contribution in [1.82, 2.24) is 0 Å². The molecule has 1 heterocycles. The van der Waals surface area contributed by atoms with E-state index in [9.17, 15) is 4.79 Å². The molecule has 0 spiro atoms. The molecule has 0 aliphatic carbocycles. The van der Waals surface area contributed by atoms with E-state index in [2.05, 4.69) is 16.9 Å². The third kappa shape index (κ3) is 2.99. The average molecular weight is 274 g/mol. The van der Waals surface area contributed by atoms with Crippen molar-refractivity contribution in [2.45, 2.75) is 19.4 Å². The lowest BCUT2D eigenvalue weighted by Crippen LogP contribution is -2.17. The van der Waals surface area contributed by atoms with E-state index in [1.807, 2.05) is 19.9 Å². The number of rotatable bonds is 4. The first kappa shape index (κ1) is 14.1. The number of nitrogens with zero attached hydrogens (tertiary/aromatic N) is 1. The lowest BCUT2D eigenvalue weighted by molar-refractivity contribution is -0.111. The Hall–Kier alpha value is -2.30. The Morgan fingerprint density at radius 3 is 2.85 bits per heavy atom. The summed E-state index contributed by atoms with van der Waals surface area (Å²) in [6.07, 6.45) is 1.21. The molecule has 0 fully saturated rings. The molecule has 1 aromatic rings. The van der Waals surface area contributed by atoms with Crippen LogP contribution in [0.4, 0.5) is 5.69 Å². The maximum absolute atomic E-state index is 11.4. The minimum absolute atomic E-state index is 0.222. The van der Waals surface area contributed by atoms with Gasteiger partial charge in [-0.15, -0.1) is 0 Å². The van der Waals surface area contributed by atoms with Gasteiger partial charge in [-0.05, 0) is 38.1 Å². The lowest BCUT2D eigenvalue weighted by atomic mass is 10.1. The number of amides is 1. The number of hydrogen-bond donors (Lipinski definition) is 1. The van der Waals surface area contributed by atoms with Crippen LogP contribution in [0, 0.1) is 0 Å². The van der Waals surface area contributed by atoms with Crippen LogP contribution in [0.5, 0.6) is 5.75 Å². The third-order valence-electron chi connectivity index (χ3n) is 2.86. The summed E-state index contributed by atoms with van der Waals surface area (Å²) in [5, 5.41) is 2.70. The summed E-state index contributed by atoms with van der Waals surface area (Å²) in [5.41, 5.74) is 1.14. The second-order valence-electron chi connectivity index (χ2n) is 5.13. The predicted molar refractivity (Wildman–Crippen MR) is 78.4 cm³/mol. The zero-order valence-electron chi connectivity index (χ0n) is 11.9. The molecule has 0 atom stereocenters. The summed E-state index contributed by atoms with van der Waals surface area (Å²) >= 11 is 0. The molecule has 1 aliphatic rings. The first-order valence-electron chi connectivity index (χ1n) is 6.30. The molecule has 0 saturated heterocycles. The molecule has 1 aliphatic heterocycles. The Morgan fingerprint density at radius 1 is 1.55 bits per heavy atom. The van der Waals surface area contributed by atoms with Crippen molar-refractivity contribution in [3.8, 4) is 5.75 Å². The highest BCUT2D eigenvalue weighted by Gasteiger charge is 2.27. The van der Waals surface area contributed by atoms with E-state index >= 15 is 0 Å². The number of benzene rings is 1. The number of ether oxygens (including phenoxy) is 2. The first-order valence-corrected chi connectivity index (χ1v) is 6.30. The second-order valence-corrected chi connectivity index (χ2v) is 5.13. The van der Waals surface area contributed by atoms with Crippen molar-refractivity contribution >= 4 is 17.5 Å². The van der Waals surface area contributed by atoms with Crippen LogP contribution < -0.4 is 10.1 Å². The fourth-order valence-corrected chi connectivity index (χ4v) is 1.85. The zero-order chi connectivity index (χ0) is 14.8. The standard InChI is InChI=1S/C15H18N2O3/c1-5-13(18)16-11-8-10(6-7-12(11)19-4)14-17-15(2,3)9-20-14/h5-8H,1,9H2,2-4H3,(H,16,18). The van der Waals surface area contributed by atoms with Gasteiger partial charge in [-0.3, -0.25) is 4.79 Å². The van der Waals surface area contributed by atoms with Crippen LogP contribution in [0.3, 0.4) is 0 Å². The highest BCUT2D eigenvalue weighted by Crippen LogP contribution is 2.28. The molecule has 20 heavy (non-hydrogen) atoms. The maximum Gasteiger partial charge on any atom is 0.247 e. The number of methoxy groups -OCH3 is 1. The molecule has 0 saturated carbocycles. The van der Waals surface area contributed by atoms with E-state index in [0.717, 1.165) is 5.56 Å². The molecular formula is C15H18N2O3. The maximum atomic E-state index is 11.4. The van der Waals surface area contributed by atoms with Crippen LogP contribution in [-0.4, -0.2) is 31.1 Å². The van der Waals surface area contributed by atoms with Gasteiger partial charge in [0.15, 0.2) is 0 Å². The number of carbonyl (C=O) groups is 1. The van der Waals surface area contributed by atoms with Crippen LogP contribution in [0.15, 0.2) is 35.8 Å². The fourth-order valence-electron chi connectivity index (χ4n) is 1.85. The van der Waals surface area contributed by atoms with Crippen molar-refractivity contribution in [2.75, 3.05) is 19.0 Å². The number of hydrogen-bond acceptors (Lipinski definition) is 4. The Morgan fingerprint density at radius 2 is 2.30 bits per heavy atom. The predicted octanol–water partition coefficient (Wildman–Crippen LogP) is 2.38. The van der Waals surface area contributed by atoms with Crippen LogP contribution in [-0.2, 0) is 9.53 Å². The highest BCUT2D eigenvalue weighted by atomic mass is 16.5. The summed E-state index contributed by atoms with van der Waals surface area (Å²) in [6, 6.07) is 5.40. The van der Waals surface area contributed by atoms with Gasteiger partial charge in [-0.25, -0.2) is 4.99 Å². The topological polar surface area (TPSA) is 59.9 Å². The van der Waals surface area contributed by atoms with Crippen molar-refractivity contribution < 1.29 is 14.3 Å². The summed E-state index contributed by atoms with van der Waals surface area (Å²) in [6.45, 7) is 7.98. The van der Waals surface area contributed by atoms with E-state index in [4.69, 9.17) is 9.47 Å². The van der Waals surface area contributed by atoms with Crippen LogP contribution in [0.1, 0.15) is 19.4 Å². The Labute approximate surface area is 118 Å². The Bertz CT molecular complexity index is 576. The van der Waals surface area contributed by atoms with Gasteiger partial charge in [0.05, 0.1) is 18.3 Å². The number of nitrogens with one attached hydrogen (secondary N) is 1. The number of aliphatic imine (C=N–C) groups is 1. The molecule has 0 bridgehead atoms. The largest absolute Gasteiger partial charge is 0.495 e. The minimum Gasteiger partial charge on any atom is -0.495 e. The van der Waals surface area contributed by atoms with E-state index in [-0.39, 0.29) is 11.4 Å². The minimum atomic E-state index is -0.296. The van der Waals surface area contributed by atoms with Crippen molar-refractivity contribution in [3.63, 3.8) is 0 Å². The smallest absolute Gasteiger partial charge is 0.247 e. The van der Waals surface area contributed by atoms with E-state index in [1.54, 1.807) is 19.2 Å². The fraction of sp³-hybridized carbons (Fsp3) is 0.333. The van der Waals surface area contributed by atoms with Crippen molar-refractivity contribution in [1.29, 1.82) is 0 Å². The molecule has 1 aromatic carbocycles. The van der Waals surface area contributed by atoms with Crippen molar-refractivity contribution in [2.24, 2.45) is 4.99 Å². The SMILES string of the molecule is C=CC(=O)Nc1cc(C2=NC(C)(C)CO2)ccc1OC. The molecule has 0 unspecified atom stereocenters. The number of carbonyl (C=O) groups excluding carboxylic acids is 1. The van der Waals surface area contributed by atoms with E-state index in [0.29, 0.717) is 23.9 Å². The quantitative estimate of drug-likeness (QED) is 0.857. The molecule has 5 nitrogen and oxygen atoms in total. The molecule has 106 valence electrons. The molecule has 1 amide bonds. The molecule has 0 radical (unpaired) electrons. The molecule has 5 heteroatoms. The highest BCUT2D eigenvalue weighted by molar-refractivity contribution is 6.02. The summed E-state index contributed by atoms with van der Waals surface area (Å²) in [5.74, 6) is 0.851. The lowest BCUT2D eigenvalue weighted by Gasteiger charge is -2.11. The van der Waals surface area contributed by atoms with Gasteiger partial charge < -0.3 is 14.8 Å².